The Hall–Kier alpha value is -2.67. The molecule has 0 aliphatic heterocycles. The Morgan fingerprint density at radius 2 is 1.30 bits per heavy atom. The van der Waals surface area contributed by atoms with E-state index in [4.69, 9.17) is 0 Å². The van der Waals surface area contributed by atoms with Gasteiger partial charge in [0.1, 0.15) is 0 Å². The van der Waals surface area contributed by atoms with Gasteiger partial charge in [-0.25, -0.2) is 0 Å². The van der Waals surface area contributed by atoms with E-state index in [2.05, 4.69) is 60.1 Å². The number of benzene rings is 2. The van der Waals surface area contributed by atoms with Crippen LogP contribution in [0.1, 0.15) is 5.56 Å². The van der Waals surface area contributed by atoms with Crippen LogP contribution in [0.3, 0.4) is 0 Å². The molecule has 96 valence electrons. The van der Waals surface area contributed by atoms with Gasteiger partial charge in [0.2, 0.25) is 0 Å². The molecule has 1 heteroatoms. The maximum absolute atomic E-state index is 4.05. The molecular formula is C19H15N. The molecule has 0 aliphatic rings. The van der Waals surface area contributed by atoms with Gasteiger partial charge in [-0.15, -0.1) is 0 Å². The SMILES string of the molecule is C=Cc1cccc(-c2ccc(-c3ccncc3)cc2)c1. The van der Waals surface area contributed by atoms with Crippen molar-refractivity contribution < 1.29 is 0 Å². The zero-order chi connectivity index (χ0) is 13.8. The number of pyridine rings is 1. The number of hydrogen-bond donors (Lipinski definition) is 0. The summed E-state index contributed by atoms with van der Waals surface area (Å²) in [6, 6.07) is 21.0. The van der Waals surface area contributed by atoms with Gasteiger partial charge >= 0.3 is 0 Å². The van der Waals surface area contributed by atoms with Crippen LogP contribution in [0.25, 0.3) is 28.3 Å². The average Bonchev–Trinajstić information content (AvgIpc) is 2.56. The Kier molecular flexibility index (Phi) is 3.42. The molecule has 0 saturated carbocycles. The lowest BCUT2D eigenvalue weighted by atomic mass is 10.00. The van der Waals surface area contributed by atoms with E-state index in [-0.39, 0.29) is 0 Å². The molecule has 0 bridgehead atoms. The van der Waals surface area contributed by atoms with Gasteiger partial charge in [0.25, 0.3) is 0 Å². The Morgan fingerprint density at radius 3 is 1.95 bits per heavy atom. The Morgan fingerprint density at radius 1 is 0.700 bits per heavy atom. The predicted molar refractivity (Wildman–Crippen MR) is 85.2 cm³/mol. The van der Waals surface area contributed by atoms with Gasteiger partial charge in [0.15, 0.2) is 0 Å². The summed E-state index contributed by atoms with van der Waals surface area (Å²) in [4.78, 5) is 4.05. The normalized spacial score (nSPS) is 10.2. The molecule has 1 heterocycles. The molecule has 1 aromatic heterocycles. The molecule has 0 fully saturated rings. The minimum atomic E-state index is 1.14. The van der Waals surface area contributed by atoms with Crippen LogP contribution in [-0.2, 0) is 0 Å². The summed E-state index contributed by atoms with van der Waals surface area (Å²) >= 11 is 0. The fourth-order valence-electron chi connectivity index (χ4n) is 2.24. The first-order valence-corrected chi connectivity index (χ1v) is 6.60. The minimum absolute atomic E-state index is 1.14. The fraction of sp³-hybridized carbons (Fsp3) is 0. The minimum Gasteiger partial charge on any atom is -0.265 e. The third kappa shape index (κ3) is 2.52. The van der Waals surface area contributed by atoms with Crippen LogP contribution in [0.5, 0.6) is 0 Å². The van der Waals surface area contributed by atoms with Crippen molar-refractivity contribution in [2.24, 2.45) is 0 Å². The van der Waals surface area contributed by atoms with Crippen molar-refractivity contribution in [2.45, 2.75) is 0 Å². The highest BCUT2D eigenvalue weighted by Crippen LogP contribution is 2.25. The summed E-state index contributed by atoms with van der Waals surface area (Å²) in [5, 5.41) is 0. The first-order chi connectivity index (χ1) is 9.86. The summed E-state index contributed by atoms with van der Waals surface area (Å²) in [5.41, 5.74) is 5.96. The zero-order valence-electron chi connectivity index (χ0n) is 11.2. The van der Waals surface area contributed by atoms with E-state index >= 15 is 0 Å². The Labute approximate surface area is 119 Å². The molecular weight excluding hydrogens is 242 g/mol. The van der Waals surface area contributed by atoms with Crippen molar-refractivity contribution in [1.29, 1.82) is 0 Å². The lowest BCUT2D eigenvalue weighted by molar-refractivity contribution is 1.33. The van der Waals surface area contributed by atoms with Crippen LogP contribution in [0.2, 0.25) is 0 Å². The molecule has 0 unspecified atom stereocenters. The largest absolute Gasteiger partial charge is 0.265 e. The van der Waals surface area contributed by atoms with Crippen molar-refractivity contribution >= 4 is 6.08 Å². The number of aromatic nitrogens is 1. The van der Waals surface area contributed by atoms with Gasteiger partial charge in [0.05, 0.1) is 0 Å². The van der Waals surface area contributed by atoms with Gasteiger partial charge in [-0.2, -0.15) is 0 Å². The quantitative estimate of drug-likeness (QED) is 0.639. The van der Waals surface area contributed by atoms with E-state index in [9.17, 15) is 0 Å². The predicted octanol–water partition coefficient (Wildman–Crippen LogP) is 5.06. The van der Waals surface area contributed by atoms with Gasteiger partial charge in [-0.1, -0.05) is 55.1 Å². The highest BCUT2D eigenvalue weighted by molar-refractivity contribution is 5.71. The van der Waals surface area contributed by atoms with Crippen molar-refractivity contribution in [3.63, 3.8) is 0 Å². The number of hydrogen-bond acceptors (Lipinski definition) is 1. The first kappa shape index (κ1) is 12.4. The van der Waals surface area contributed by atoms with Gasteiger partial charge in [-0.05, 0) is 46.0 Å². The van der Waals surface area contributed by atoms with Crippen LogP contribution in [0.4, 0.5) is 0 Å². The Bertz CT molecular complexity index is 712. The highest BCUT2D eigenvalue weighted by Gasteiger charge is 2.00. The molecule has 1 nitrogen and oxygen atoms in total. The number of nitrogens with zero attached hydrogens (tertiary/aromatic N) is 1. The van der Waals surface area contributed by atoms with E-state index in [1.807, 2.05) is 30.6 Å². The van der Waals surface area contributed by atoms with E-state index in [1.54, 1.807) is 0 Å². The zero-order valence-corrected chi connectivity index (χ0v) is 11.2. The van der Waals surface area contributed by atoms with E-state index < -0.39 is 0 Å². The first-order valence-electron chi connectivity index (χ1n) is 6.60. The summed E-state index contributed by atoms with van der Waals surface area (Å²) in [6.45, 7) is 3.81. The van der Waals surface area contributed by atoms with Crippen LogP contribution in [0.15, 0.2) is 79.6 Å². The highest BCUT2D eigenvalue weighted by atomic mass is 14.6. The molecule has 0 aliphatic carbocycles. The third-order valence-electron chi connectivity index (χ3n) is 3.35. The summed E-state index contributed by atoms with van der Waals surface area (Å²) in [7, 11) is 0. The summed E-state index contributed by atoms with van der Waals surface area (Å²) in [5.74, 6) is 0. The molecule has 0 saturated heterocycles. The van der Waals surface area contributed by atoms with E-state index in [0.29, 0.717) is 0 Å². The Balaban J connectivity index is 1.95. The van der Waals surface area contributed by atoms with Crippen LogP contribution in [-0.4, -0.2) is 4.98 Å². The molecule has 0 spiro atoms. The molecule has 0 amide bonds. The van der Waals surface area contributed by atoms with Gasteiger partial charge in [0, 0.05) is 12.4 Å². The topological polar surface area (TPSA) is 12.9 Å². The van der Waals surface area contributed by atoms with Crippen molar-refractivity contribution in [2.75, 3.05) is 0 Å². The molecule has 20 heavy (non-hydrogen) atoms. The van der Waals surface area contributed by atoms with Crippen molar-refractivity contribution in [3.05, 3.63) is 85.2 Å². The smallest absolute Gasteiger partial charge is 0.0273 e. The second-order valence-electron chi connectivity index (χ2n) is 4.64. The van der Waals surface area contributed by atoms with E-state index in [0.717, 1.165) is 5.56 Å². The maximum Gasteiger partial charge on any atom is 0.0273 e. The maximum atomic E-state index is 4.05. The third-order valence-corrected chi connectivity index (χ3v) is 3.35. The van der Waals surface area contributed by atoms with Crippen LogP contribution in [0, 0.1) is 0 Å². The lowest BCUT2D eigenvalue weighted by Gasteiger charge is -2.05. The molecule has 0 atom stereocenters. The fourth-order valence-corrected chi connectivity index (χ4v) is 2.24. The molecule has 0 N–H and O–H groups in total. The van der Waals surface area contributed by atoms with Crippen molar-refractivity contribution in [3.8, 4) is 22.3 Å². The summed E-state index contributed by atoms with van der Waals surface area (Å²) < 4.78 is 0. The molecule has 0 radical (unpaired) electrons. The van der Waals surface area contributed by atoms with Crippen molar-refractivity contribution in [1.82, 2.24) is 4.98 Å². The number of rotatable bonds is 3. The molecule has 3 rings (SSSR count). The second-order valence-corrected chi connectivity index (χ2v) is 4.64. The average molecular weight is 257 g/mol. The molecule has 3 aromatic rings. The van der Waals surface area contributed by atoms with Gasteiger partial charge < -0.3 is 0 Å². The lowest BCUT2D eigenvalue weighted by Crippen LogP contribution is -1.81. The van der Waals surface area contributed by atoms with E-state index in [1.165, 1.54) is 22.3 Å². The monoisotopic (exact) mass is 257 g/mol. The molecule has 2 aromatic carbocycles. The van der Waals surface area contributed by atoms with Crippen LogP contribution < -0.4 is 0 Å². The van der Waals surface area contributed by atoms with Gasteiger partial charge in [-0.3, -0.25) is 4.98 Å². The second kappa shape index (κ2) is 5.54. The summed E-state index contributed by atoms with van der Waals surface area (Å²) in [6.07, 6.45) is 5.50. The van der Waals surface area contributed by atoms with Crippen LogP contribution >= 0.6 is 0 Å². The standard InChI is InChI=1S/C19H15N/c1-2-15-4-3-5-19(14-15)17-8-6-16(7-9-17)18-10-12-20-13-11-18/h2-14H,1H2.